The van der Waals surface area contributed by atoms with Gasteiger partial charge in [-0.05, 0) is 30.2 Å². The van der Waals surface area contributed by atoms with Gasteiger partial charge in [0, 0.05) is 18.7 Å². The Morgan fingerprint density at radius 3 is 2.41 bits per heavy atom. The Hall–Kier alpha value is -3.62. The number of amides is 3. The van der Waals surface area contributed by atoms with Crippen LogP contribution in [0.4, 0.5) is 10.1 Å². The molecule has 0 bridgehead atoms. The first-order chi connectivity index (χ1) is 12.9. The lowest BCUT2D eigenvalue weighted by molar-refractivity contribution is -0.384. The molecular weight excluding hydrogens is 357 g/mol. The fourth-order valence-electron chi connectivity index (χ4n) is 2.73. The van der Waals surface area contributed by atoms with Gasteiger partial charge in [0.25, 0.3) is 17.5 Å². The van der Waals surface area contributed by atoms with Crippen LogP contribution >= 0.6 is 0 Å². The van der Waals surface area contributed by atoms with E-state index in [9.17, 15) is 28.9 Å². The first-order valence-electron chi connectivity index (χ1n) is 8.02. The minimum atomic E-state index is -0.743. The number of rotatable bonds is 6. The summed E-state index contributed by atoms with van der Waals surface area (Å²) in [6, 6.07) is 9.19. The quantitative estimate of drug-likeness (QED) is 0.472. The third-order valence-electron chi connectivity index (χ3n) is 4.12. The number of nitrogens with zero attached hydrogens (tertiary/aromatic N) is 2. The van der Waals surface area contributed by atoms with Crippen LogP contribution in [0, 0.1) is 15.9 Å². The van der Waals surface area contributed by atoms with Gasteiger partial charge in [0.15, 0.2) is 0 Å². The number of benzene rings is 2. The molecule has 1 aliphatic heterocycles. The van der Waals surface area contributed by atoms with Crippen LogP contribution in [-0.4, -0.2) is 40.6 Å². The Morgan fingerprint density at radius 2 is 1.74 bits per heavy atom. The summed E-state index contributed by atoms with van der Waals surface area (Å²) in [5.74, 6) is -2.30. The van der Waals surface area contributed by atoms with Gasteiger partial charge in [-0.3, -0.25) is 29.4 Å². The second kappa shape index (κ2) is 7.32. The molecule has 138 valence electrons. The van der Waals surface area contributed by atoms with Crippen LogP contribution in [0.2, 0.25) is 0 Å². The Kier molecular flexibility index (Phi) is 4.93. The maximum atomic E-state index is 12.8. The molecule has 0 aromatic heterocycles. The molecule has 0 saturated carbocycles. The number of carbonyl (C=O) groups excluding carboxylic acids is 3. The summed E-state index contributed by atoms with van der Waals surface area (Å²) < 4.78 is 12.8. The van der Waals surface area contributed by atoms with E-state index in [0.717, 1.165) is 22.6 Å². The van der Waals surface area contributed by atoms with E-state index in [1.54, 1.807) is 12.1 Å². The number of non-ortho nitro benzene ring substituents is 1. The maximum Gasteiger partial charge on any atom is 0.270 e. The van der Waals surface area contributed by atoms with Crippen molar-refractivity contribution in [3.63, 3.8) is 0 Å². The van der Waals surface area contributed by atoms with Crippen molar-refractivity contribution in [3.05, 3.63) is 75.1 Å². The predicted octanol–water partition coefficient (Wildman–Crippen LogP) is 1.69. The van der Waals surface area contributed by atoms with Gasteiger partial charge >= 0.3 is 0 Å². The van der Waals surface area contributed by atoms with Crippen molar-refractivity contribution in [2.75, 3.05) is 13.1 Å². The van der Waals surface area contributed by atoms with Gasteiger partial charge in [-0.2, -0.15) is 0 Å². The van der Waals surface area contributed by atoms with E-state index in [2.05, 4.69) is 5.32 Å². The molecule has 8 nitrogen and oxygen atoms in total. The second-order valence-electron chi connectivity index (χ2n) is 5.91. The molecule has 1 N–H and O–H groups in total. The lowest BCUT2D eigenvalue weighted by atomic mass is 10.1. The van der Waals surface area contributed by atoms with Crippen LogP contribution in [0.25, 0.3) is 0 Å². The van der Waals surface area contributed by atoms with Crippen LogP contribution in [0.15, 0.2) is 42.5 Å². The highest BCUT2D eigenvalue weighted by molar-refractivity contribution is 6.22. The van der Waals surface area contributed by atoms with E-state index in [0.29, 0.717) is 6.42 Å². The van der Waals surface area contributed by atoms with Gasteiger partial charge in [0.05, 0.1) is 16.1 Å². The lowest BCUT2D eigenvalue weighted by Crippen LogP contribution is -2.40. The zero-order chi connectivity index (χ0) is 19.6. The van der Waals surface area contributed by atoms with Gasteiger partial charge in [-0.15, -0.1) is 0 Å². The van der Waals surface area contributed by atoms with Crippen molar-refractivity contribution >= 4 is 23.4 Å². The number of nitro benzene ring substituents is 1. The zero-order valence-corrected chi connectivity index (χ0v) is 14.0. The van der Waals surface area contributed by atoms with Crippen molar-refractivity contribution in [2.24, 2.45) is 0 Å². The minimum absolute atomic E-state index is 0.0321. The highest BCUT2D eigenvalue weighted by Crippen LogP contribution is 2.26. The fourth-order valence-corrected chi connectivity index (χ4v) is 2.73. The van der Waals surface area contributed by atoms with Gasteiger partial charge < -0.3 is 5.32 Å². The number of imide groups is 1. The van der Waals surface area contributed by atoms with Crippen molar-refractivity contribution in [1.82, 2.24) is 10.2 Å². The first-order valence-corrected chi connectivity index (χ1v) is 8.02. The standard InChI is InChI=1S/C18H14FN3O5/c19-12-3-1-11(2-4-12)7-8-20-16(23)10-21-17(24)14-6-5-13(22(26)27)9-15(14)18(21)25/h1-6,9H,7-8,10H2,(H,20,23). The van der Waals surface area contributed by atoms with E-state index >= 15 is 0 Å². The Morgan fingerprint density at radius 1 is 1.07 bits per heavy atom. The molecule has 1 heterocycles. The van der Waals surface area contributed by atoms with Gasteiger partial charge in [0.1, 0.15) is 12.4 Å². The Bertz CT molecular complexity index is 943. The van der Waals surface area contributed by atoms with Crippen molar-refractivity contribution in [1.29, 1.82) is 0 Å². The van der Waals surface area contributed by atoms with Crippen LogP contribution in [0.1, 0.15) is 26.3 Å². The summed E-state index contributed by atoms with van der Waals surface area (Å²) in [6.45, 7) is -0.233. The fraction of sp³-hybridized carbons (Fsp3) is 0.167. The number of hydrogen-bond acceptors (Lipinski definition) is 5. The average Bonchev–Trinajstić information content (AvgIpc) is 2.88. The number of fused-ring (bicyclic) bond motifs is 1. The summed E-state index contributed by atoms with van der Waals surface area (Å²) in [7, 11) is 0. The van der Waals surface area contributed by atoms with E-state index in [-0.39, 0.29) is 29.2 Å². The molecule has 3 amide bonds. The number of hydrogen-bond donors (Lipinski definition) is 1. The second-order valence-corrected chi connectivity index (χ2v) is 5.91. The molecule has 1 aliphatic rings. The third-order valence-corrected chi connectivity index (χ3v) is 4.12. The van der Waals surface area contributed by atoms with Crippen LogP contribution < -0.4 is 5.32 Å². The lowest BCUT2D eigenvalue weighted by Gasteiger charge is -2.13. The maximum absolute atomic E-state index is 12.8. The molecule has 2 aromatic carbocycles. The summed E-state index contributed by atoms with van der Waals surface area (Å²) in [5, 5.41) is 13.4. The highest BCUT2D eigenvalue weighted by Gasteiger charge is 2.37. The SMILES string of the molecule is O=C(CN1C(=O)c2ccc([N+](=O)[O-])cc2C1=O)NCCc1ccc(F)cc1. The summed E-state index contributed by atoms with van der Waals surface area (Å²) in [6.07, 6.45) is 0.459. The molecule has 0 fully saturated rings. The largest absolute Gasteiger partial charge is 0.354 e. The summed E-state index contributed by atoms with van der Waals surface area (Å²) in [5.41, 5.74) is 0.461. The smallest absolute Gasteiger partial charge is 0.270 e. The monoisotopic (exact) mass is 371 g/mol. The molecule has 0 spiro atoms. The topological polar surface area (TPSA) is 110 Å². The van der Waals surface area contributed by atoms with E-state index in [1.165, 1.54) is 18.2 Å². The normalized spacial score (nSPS) is 12.9. The summed E-state index contributed by atoms with van der Waals surface area (Å²) >= 11 is 0. The number of carbonyl (C=O) groups is 3. The molecule has 0 radical (unpaired) electrons. The Labute approximate surface area is 152 Å². The van der Waals surface area contributed by atoms with Gasteiger partial charge in [0.2, 0.25) is 5.91 Å². The van der Waals surface area contributed by atoms with E-state index < -0.39 is 29.2 Å². The molecule has 0 aliphatic carbocycles. The van der Waals surface area contributed by atoms with Crippen molar-refractivity contribution < 1.29 is 23.7 Å². The molecule has 3 rings (SSSR count). The van der Waals surface area contributed by atoms with Crippen molar-refractivity contribution in [3.8, 4) is 0 Å². The first kappa shape index (κ1) is 18.2. The van der Waals surface area contributed by atoms with E-state index in [1.807, 2.05) is 0 Å². The number of nitrogens with one attached hydrogen (secondary N) is 1. The predicted molar refractivity (Wildman–Crippen MR) is 91.6 cm³/mol. The molecular formula is C18H14FN3O5. The zero-order valence-electron chi connectivity index (χ0n) is 14.0. The average molecular weight is 371 g/mol. The minimum Gasteiger partial charge on any atom is -0.354 e. The van der Waals surface area contributed by atoms with Crippen LogP contribution in [-0.2, 0) is 11.2 Å². The molecule has 9 heteroatoms. The molecule has 27 heavy (non-hydrogen) atoms. The third kappa shape index (κ3) is 3.81. The van der Waals surface area contributed by atoms with Crippen molar-refractivity contribution in [2.45, 2.75) is 6.42 Å². The molecule has 2 aromatic rings. The van der Waals surface area contributed by atoms with Crippen LogP contribution in [0.3, 0.4) is 0 Å². The highest BCUT2D eigenvalue weighted by atomic mass is 19.1. The number of halogens is 1. The van der Waals surface area contributed by atoms with Gasteiger partial charge in [-0.25, -0.2) is 4.39 Å². The molecule has 0 atom stereocenters. The Balaban J connectivity index is 1.59. The van der Waals surface area contributed by atoms with Crippen LogP contribution in [0.5, 0.6) is 0 Å². The summed E-state index contributed by atoms with van der Waals surface area (Å²) in [4.78, 5) is 47.5. The van der Waals surface area contributed by atoms with E-state index in [4.69, 9.17) is 0 Å². The molecule has 0 saturated heterocycles. The molecule has 0 unspecified atom stereocenters. The number of nitro groups is 1. The van der Waals surface area contributed by atoms with Gasteiger partial charge in [-0.1, -0.05) is 12.1 Å².